The van der Waals surface area contributed by atoms with Crippen molar-refractivity contribution in [2.75, 3.05) is 40.0 Å². The van der Waals surface area contributed by atoms with Gasteiger partial charge in [-0.3, -0.25) is 9.59 Å². The van der Waals surface area contributed by atoms with Gasteiger partial charge in [0.25, 0.3) is 6.29 Å². The molecule has 1 fully saturated rings. The molecule has 4 aliphatic rings. The number of aliphatic carboxylic acids is 1. The van der Waals surface area contributed by atoms with E-state index in [1.807, 2.05) is 12.1 Å². The molecular weight excluding hydrogens is 776 g/mol. The molecule has 0 aromatic heterocycles. The fourth-order valence-corrected chi connectivity index (χ4v) is 7.65. The van der Waals surface area contributed by atoms with Crippen molar-refractivity contribution in [1.82, 2.24) is 5.32 Å². The molecule has 0 radical (unpaired) electrons. The molecule has 0 bridgehead atoms. The van der Waals surface area contributed by atoms with Gasteiger partial charge in [0.1, 0.15) is 61.3 Å². The molecule has 4 aliphatic heterocycles. The van der Waals surface area contributed by atoms with Crippen LogP contribution >= 0.6 is 0 Å². The minimum Gasteiger partial charge on any atom is -0.508 e. The average Bonchev–Trinajstić information content (AvgIpc) is 3.79. The largest absolute Gasteiger partial charge is 0.508 e. The summed E-state index contributed by atoms with van der Waals surface area (Å²) in [4.78, 5) is 34.9. The highest BCUT2D eigenvalue weighted by molar-refractivity contribution is 5.90. The first-order chi connectivity index (χ1) is 28.3. The number of benzene rings is 3. The monoisotopic (exact) mass is 826 g/mol. The van der Waals surface area contributed by atoms with Crippen LogP contribution in [0.1, 0.15) is 60.1 Å². The first-order valence-corrected chi connectivity index (χ1v) is 19.5. The quantitative estimate of drug-likeness (QED) is 0.0441. The molecule has 9 unspecified atom stereocenters. The van der Waals surface area contributed by atoms with Gasteiger partial charge in [-0.1, -0.05) is 26.0 Å². The zero-order valence-electron chi connectivity index (χ0n) is 32.8. The Morgan fingerprint density at radius 1 is 1.02 bits per heavy atom. The molecule has 0 spiro atoms. The van der Waals surface area contributed by atoms with Crippen molar-refractivity contribution in [2.24, 2.45) is 11.7 Å². The average molecular weight is 827 g/mol. The number of nitrogens with two attached hydrogens (primary N) is 1. The Balaban J connectivity index is 1.19. The molecule has 4 heterocycles. The maximum atomic E-state index is 12.0. The van der Waals surface area contributed by atoms with Crippen LogP contribution in [-0.4, -0.2) is 121 Å². The number of carbonyl (C=O) groups excluding carboxylic acids is 1. The zero-order chi connectivity index (χ0) is 42.0. The number of esters is 1. The number of aromatic hydroxyl groups is 1. The predicted molar refractivity (Wildman–Crippen MR) is 203 cm³/mol. The van der Waals surface area contributed by atoms with Crippen LogP contribution in [0.5, 0.6) is 34.5 Å². The van der Waals surface area contributed by atoms with Gasteiger partial charge in [-0.05, 0) is 55.3 Å². The molecule has 1 saturated heterocycles. The van der Waals surface area contributed by atoms with Crippen molar-refractivity contribution in [3.63, 3.8) is 0 Å². The molecule has 0 saturated carbocycles. The van der Waals surface area contributed by atoms with E-state index in [1.54, 1.807) is 37.4 Å². The van der Waals surface area contributed by atoms with Crippen LogP contribution in [0, 0.1) is 5.92 Å². The van der Waals surface area contributed by atoms with Crippen molar-refractivity contribution >= 4 is 11.9 Å². The minimum absolute atomic E-state index is 0.0638. The minimum atomic E-state index is -1.72. The van der Waals surface area contributed by atoms with Gasteiger partial charge in [0, 0.05) is 41.3 Å². The predicted octanol–water partition coefficient (Wildman–Crippen LogP) is 1.59. The maximum absolute atomic E-state index is 12.0. The lowest BCUT2D eigenvalue weighted by molar-refractivity contribution is -0.373. The molecule has 320 valence electrons. The number of rotatable bonds is 17. The van der Waals surface area contributed by atoms with Crippen molar-refractivity contribution in [3.8, 4) is 34.5 Å². The number of likely N-dealkylation sites (N-methyl/N-ethyl adjacent to an activating group) is 1. The van der Waals surface area contributed by atoms with Gasteiger partial charge in [0.15, 0.2) is 29.6 Å². The summed E-state index contributed by atoms with van der Waals surface area (Å²) in [6.45, 7) is 3.82. The Morgan fingerprint density at radius 3 is 2.56 bits per heavy atom. The second-order valence-corrected chi connectivity index (χ2v) is 15.4. The lowest BCUT2D eigenvalue weighted by atomic mass is 9.86. The number of hydrogen-bond acceptors (Lipinski definition) is 17. The van der Waals surface area contributed by atoms with Crippen LogP contribution < -0.4 is 34.9 Å². The highest BCUT2D eigenvalue weighted by Gasteiger charge is 2.49. The third-order valence-corrected chi connectivity index (χ3v) is 10.4. The van der Waals surface area contributed by atoms with Crippen molar-refractivity contribution in [3.05, 3.63) is 70.3 Å². The molecule has 9 atom stereocenters. The smallest absolute Gasteiger partial charge is 0.317 e. The van der Waals surface area contributed by atoms with E-state index in [2.05, 4.69) is 19.2 Å². The Morgan fingerprint density at radius 2 is 1.83 bits per heavy atom. The van der Waals surface area contributed by atoms with Crippen molar-refractivity contribution < 1.29 is 78.1 Å². The fraction of sp³-hybridized carbons (Fsp3) is 0.512. The molecule has 3 aromatic rings. The van der Waals surface area contributed by atoms with Crippen LogP contribution in [0.15, 0.2) is 42.5 Å². The van der Waals surface area contributed by atoms with Gasteiger partial charge in [0.05, 0.1) is 19.1 Å². The van der Waals surface area contributed by atoms with E-state index in [0.717, 1.165) is 16.7 Å². The zero-order valence-corrected chi connectivity index (χ0v) is 32.8. The number of nitrogens with one attached hydrogen (secondary N) is 1. The molecule has 8 N–H and O–H groups in total. The van der Waals surface area contributed by atoms with Crippen LogP contribution in [-0.2, 0) is 41.5 Å². The molecular formula is C41H50N2O16. The number of phenolic OH excluding ortho intramolecular Hbond substituents is 1. The second-order valence-electron chi connectivity index (χ2n) is 15.4. The topological polar surface area (TPSA) is 256 Å². The third-order valence-electron chi connectivity index (χ3n) is 10.4. The van der Waals surface area contributed by atoms with E-state index < -0.39 is 74.1 Å². The molecule has 18 heteroatoms. The van der Waals surface area contributed by atoms with E-state index in [-0.39, 0.29) is 49.6 Å². The Kier molecular flexibility index (Phi) is 13.0. The van der Waals surface area contributed by atoms with Gasteiger partial charge in [-0.2, -0.15) is 4.89 Å². The number of carboxylic acid groups (broad SMARTS) is 1. The third kappa shape index (κ3) is 9.29. The molecule has 18 nitrogen and oxygen atoms in total. The van der Waals surface area contributed by atoms with E-state index in [9.17, 15) is 30.0 Å². The first-order valence-electron chi connectivity index (χ1n) is 19.5. The molecule has 7 rings (SSSR count). The summed E-state index contributed by atoms with van der Waals surface area (Å²) in [5.74, 6) is 0.00645. The summed E-state index contributed by atoms with van der Waals surface area (Å²) in [7, 11) is 1.71. The number of fused-ring (bicyclic) bond motifs is 6. The summed E-state index contributed by atoms with van der Waals surface area (Å²) in [6, 6.07) is 11.6. The second kappa shape index (κ2) is 18.1. The highest BCUT2D eigenvalue weighted by atomic mass is 17.2. The fourth-order valence-electron chi connectivity index (χ4n) is 7.65. The summed E-state index contributed by atoms with van der Waals surface area (Å²) in [5, 5.41) is 54.3. The highest BCUT2D eigenvalue weighted by Crippen LogP contribution is 2.58. The molecule has 3 aromatic carbocycles. The van der Waals surface area contributed by atoms with Crippen LogP contribution in [0.4, 0.5) is 0 Å². The van der Waals surface area contributed by atoms with Crippen molar-refractivity contribution in [1.29, 1.82) is 0 Å². The number of hydrogen-bond donors (Lipinski definition) is 7. The normalized spacial score (nSPS) is 25.6. The number of aliphatic hydroxyl groups is 3. The van der Waals surface area contributed by atoms with Crippen LogP contribution in [0.25, 0.3) is 0 Å². The summed E-state index contributed by atoms with van der Waals surface area (Å²) < 4.78 is 41.9. The SMILES string of the molecule is CNCC(N)COC1OC(COC(=O)CC(=O)O)C(O)C(O)C1OOc1cc2c(cc1Cc1cccc(O)c1)OCC1c3cc4c(c(CC(C)C)c3OC21)OC(CO)O4. The number of aliphatic hydroxyl groups excluding tert-OH is 3. The Labute approximate surface area is 339 Å². The Bertz CT molecular complexity index is 1990. The lowest BCUT2D eigenvalue weighted by Crippen LogP contribution is -2.61. The summed E-state index contributed by atoms with van der Waals surface area (Å²) in [6.07, 6.45) is -9.03. The maximum Gasteiger partial charge on any atom is 0.317 e. The van der Waals surface area contributed by atoms with Crippen molar-refractivity contribution in [2.45, 2.75) is 88.2 Å². The molecule has 0 aliphatic carbocycles. The van der Waals surface area contributed by atoms with E-state index in [1.165, 1.54) is 0 Å². The van der Waals surface area contributed by atoms with Crippen LogP contribution in [0.2, 0.25) is 0 Å². The van der Waals surface area contributed by atoms with E-state index in [0.29, 0.717) is 47.1 Å². The number of ether oxygens (including phenoxy) is 7. The van der Waals surface area contributed by atoms with Crippen LogP contribution in [0.3, 0.4) is 0 Å². The van der Waals surface area contributed by atoms with Gasteiger partial charge in [0.2, 0.25) is 0 Å². The van der Waals surface area contributed by atoms with Gasteiger partial charge >= 0.3 is 11.9 Å². The Hall–Kier alpha value is -4.92. The number of phenols is 1. The van der Waals surface area contributed by atoms with Gasteiger partial charge in [-0.25, -0.2) is 0 Å². The van der Waals surface area contributed by atoms with E-state index >= 15 is 0 Å². The summed E-state index contributed by atoms with van der Waals surface area (Å²) >= 11 is 0. The lowest BCUT2D eigenvalue weighted by Gasteiger charge is -2.41. The first kappa shape index (κ1) is 42.2. The van der Waals surface area contributed by atoms with E-state index in [4.69, 9.17) is 53.8 Å². The van der Waals surface area contributed by atoms with Gasteiger partial charge < -0.3 is 74.6 Å². The number of carbonyl (C=O) groups is 2. The molecule has 59 heavy (non-hydrogen) atoms. The standard InChI is InChI=1S/C41H50N2O16/c1-19(2)7-26-37-24(11-30-39(26)56-34(15-44)54-30)27-17-51-29-10-21(8-20-5-4-6-23(45)9-20)28(12-25(29)38(27)57-37)58-59-40-36(50)35(49)31(18-52-33(48)13-32(46)47)55-41(40)53-16-22(42)14-43-3/h4-6,9-12,19,22,27,31,34-36,38,40-41,43-45,49-50H,7-8,13-18,42H2,1-3H3,(H,46,47). The molecule has 0 amide bonds. The van der Waals surface area contributed by atoms with Gasteiger partial charge in [-0.15, -0.1) is 0 Å². The summed E-state index contributed by atoms with van der Waals surface area (Å²) in [5.41, 5.74) is 9.80. The number of carboxylic acids is 1.